The van der Waals surface area contributed by atoms with Crippen molar-refractivity contribution < 1.29 is 9.53 Å². The second kappa shape index (κ2) is 6.25. The Morgan fingerprint density at radius 2 is 1.88 bits per heavy atom. The summed E-state index contributed by atoms with van der Waals surface area (Å²) in [6, 6.07) is 16.8. The Labute approximate surface area is 147 Å². The molecule has 1 heterocycles. The molecule has 0 radical (unpaired) electrons. The van der Waals surface area contributed by atoms with E-state index in [2.05, 4.69) is 54.1 Å². The number of aromatic nitrogens is 1. The largest absolute Gasteiger partial charge is 0.463 e. The van der Waals surface area contributed by atoms with Crippen molar-refractivity contribution in [2.75, 3.05) is 6.61 Å². The van der Waals surface area contributed by atoms with E-state index in [9.17, 15) is 4.79 Å². The first-order valence-corrected chi connectivity index (χ1v) is 8.74. The van der Waals surface area contributed by atoms with E-state index in [1.54, 1.807) is 6.08 Å². The number of hydrogen-bond acceptors (Lipinski definition) is 2. The van der Waals surface area contributed by atoms with Gasteiger partial charge in [-0.05, 0) is 42.5 Å². The quantitative estimate of drug-likeness (QED) is 0.519. The van der Waals surface area contributed by atoms with E-state index in [-0.39, 0.29) is 5.97 Å². The molecule has 0 aliphatic heterocycles. The molecule has 0 amide bonds. The smallest absolute Gasteiger partial charge is 0.331 e. The lowest BCUT2D eigenvalue weighted by Crippen LogP contribution is -2.02. The summed E-state index contributed by atoms with van der Waals surface area (Å²) in [7, 11) is 2.11. The number of rotatable bonds is 2. The van der Waals surface area contributed by atoms with Gasteiger partial charge in [0.15, 0.2) is 0 Å². The summed E-state index contributed by atoms with van der Waals surface area (Å²) in [5.41, 5.74) is 7.01. The van der Waals surface area contributed by atoms with Gasteiger partial charge in [0.05, 0.1) is 6.61 Å². The zero-order valence-electron chi connectivity index (χ0n) is 14.6. The molecule has 0 saturated carbocycles. The van der Waals surface area contributed by atoms with Gasteiger partial charge in [-0.15, -0.1) is 0 Å². The Hall–Kier alpha value is -2.81. The molecular formula is C22H21NO2. The molecule has 0 saturated heterocycles. The van der Waals surface area contributed by atoms with Crippen LogP contribution in [-0.4, -0.2) is 17.1 Å². The normalized spacial score (nSPS) is 14.9. The maximum atomic E-state index is 12.3. The molecule has 126 valence electrons. The molecule has 0 fully saturated rings. The molecule has 2 aromatic carbocycles. The number of nitrogens with zero attached hydrogens (tertiary/aromatic N) is 1. The monoisotopic (exact) mass is 331 g/mol. The molecule has 3 heteroatoms. The second-order valence-corrected chi connectivity index (χ2v) is 6.37. The SMILES string of the molecule is CCOC(=O)/C=C1\c2ccccc2CCc2c1c1ccccc1n2C. The van der Waals surface area contributed by atoms with Gasteiger partial charge in [0.25, 0.3) is 0 Å². The number of hydrogen-bond donors (Lipinski definition) is 0. The van der Waals surface area contributed by atoms with Crippen LogP contribution < -0.4 is 0 Å². The average molecular weight is 331 g/mol. The minimum absolute atomic E-state index is 0.284. The fraction of sp³-hybridized carbons (Fsp3) is 0.227. The number of aryl methyl sites for hydroxylation is 2. The van der Waals surface area contributed by atoms with Crippen LogP contribution in [0.25, 0.3) is 16.5 Å². The Morgan fingerprint density at radius 3 is 2.72 bits per heavy atom. The molecule has 0 atom stereocenters. The van der Waals surface area contributed by atoms with Gasteiger partial charge in [0.2, 0.25) is 0 Å². The number of para-hydroxylation sites is 1. The zero-order valence-corrected chi connectivity index (χ0v) is 14.6. The van der Waals surface area contributed by atoms with E-state index >= 15 is 0 Å². The topological polar surface area (TPSA) is 31.2 Å². The summed E-state index contributed by atoms with van der Waals surface area (Å²) < 4.78 is 7.47. The Balaban J connectivity index is 2.05. The molecule has 1 aliphatic carbocycles. The summed E-state index contributed by atoms with van der Waals surface area (Å²) in [6.07, 6.45) is 3.59. The minimum atomic E-state index is -0.284. The van der Waals surface area contributed by atoms with Crippen LogP contribution in [0.1, 0.15) is 29.3 Å². The van der Waals surface area contributed by atoms with Crippen molar-refractivity contribution in [3.8, 4) is 0 Å². The zero-order chi connectivity index (χ0) is 17.4. The highest BCUT2D eigenvalue weighted by molar-refractivity contribution is 6.05. The van der Waals surface area contributed by atoms with Crippen LogP contribution in [0.3, 0.4) is 0 Å². The van der Waals surface area contributed by atoms with Gasteiger partial charge in [-0.3, -0.25) is 0 Å². The number of carbonyl (C=O) groups excluding carboxylic acids is 1. The summed E-state index contributed by atoms with van der Waals surface area (Å²) >= 11 is 0. The fourth-order valence-corrected chi connectivity index (χ4v) is 3.88. The molecule has 3 aromatic rings. The molecular weight excluding hydrogens is 310 g/mol. The van der Waals surface area contributed by atoms with Crippen LogP contribution in [0.5, 0.6) is 0 Å². The van der Waals surface area contributed by atoms with Crippen LogP contribution in [0.4, 0.5) is 0 Å². The molecule has 3 nitrogen and oxygen atoms in total. The minimum Gasteiger partial charge on any atom is -0.463 e. The predicted molar refractivity (Wildman–Crippen MR) is 100 cm³/mol. The van der Waals surface area contributed by atoms with Gasteiger partial charge in [0.1, 0.15) is 0 Å². The van der Waals surface area contributed by atoms with Crippen LogP contribution in [0, 0.1) is 0 Å². The number of esters is 1. The number of ether oxygens (including phenoxy) is 1. The summed E-state index contributed by atoms with van der Waals surface area (Å²) in [5, 5.41) is 1.19. The van der Waals surface area contributed by atoms with E-state index in [0.29, 0.717) is 6.61 Å². The molecule has 0 unspecified atom stereocenters. The standard InChI is InChI=1S/C22H21NO2/c1-3-25-21(24)14-18-16-9-5-4-8-15(16)12-13-20-22(18)17-10-6-7-11-19(17)23(20)2/h4-11,14H,3,12-13H2,1-2H3/b18-14+. The number of carbonyl (C=O) groups is 1. The molecule has 25 heavy (non-hydrogen) atoms. The van der Waals surface area contributed by atoms with Crippen molar-refractivity contribution in [2.45, 2.75) is 19.8 Å². The highest BCUT2D eigenvalue weighted by atomic mass is 16.5. The van der Waals surface area contributed by atoms with Gasteiger partial charge in [0, 0.05) is 35.3 Å². The highest BCUT2D eigenvalue weighted by Crippen LogP contribution is 2.39. The Bertz CT molecular complexity index is 994. The third-order valence-corrected chi connectivity index (χ3v) is 4.98. The highest BCUT2D eigenvalue weighted by Gasteiger charge is 2.24. The summed E-state index contributed by atoms with van der Waals surface area (Å²) in [6.45, 7) is 2.22. The molecule has 1 aliphatic rings. The summed E-state index contributed by atoms with van der Waals surface area (Å²) in [4.78, 5) is 12.3. The number of fused-ring (bicyclic) bond motifs is 4. The fourth-order valence-electron chi connectivity index (χ4n) is 3.88. The first-order chi connectivity index (χ1) is 12.2. The Kier molecular flexibility index (Phi) is 3.92. The van der Waals surface area contributed by atoms with Crippen molar-refractivity contribution in [3.05, 3.63) is 77.0 Å². The van der Waals surface area contributed by atoms with Gasteiger partial charge in [-0.1, -0.05) is 42.5 Å². The lowest BCUT2D eigenvalue weighted by atomic mass is 9.94. The van der Waals surface area contributed by atoms with E-state index in [1.807, 2.05) is 13.0 Å². The number of benzene rings is 2. The molecule has 0 bridgehead atoms. The van der Waals surface area contributed by atoms with Crippen LogP contribution >= 0.6 is 0 Å². The third-order valence-electron chi connectivity index (χ3n) is 4.98. The van der Waals surface area contributed by atoms with E-state index in [1.165, 1.54) is 22.2 Å². The van der Waals surface area contributed by atoms with Crippen molar-refractivity contribution >= 4 is 22.4 Å². The van der Waals surface area contributed by atoms with E-state index < -0.39 is 0 Å². The third kappa shape index (κ3) is 2.56. The van der Waals surface area contributed by atoms with Gasteiger partial charge < -0.3 is 9.30 Å². The van der Waals surface area contributed by atoms with Gasteiger partial charge >= 0.3 is 5.97 Å². The van der Waals surface area contributed by atoms with E-state index in [0.717, 1.165) is 29.5 Å². The summed E-state index contributed by atoms with van der Waals surface area (Å²) in [5.74, 6) is -0.284. The molecule has 0 spiro atoms. The average Bonchev–Trinajstić information content (AvgIpc) is 2.80. The van der Waals surface area contributed by atoms with Crippen LogP contribution in [0.15, 0.2) is 54.6 Å². The van der Waals surface area contributed by atoms with Crippen LogP contribution in [-0.2, 0) is 29.4 Å². The van der Waals surface area contributed by atoms with Crippen LogP contribution in [0.2, 0.25) is 0 Å². The van der Waals surface area contributed by atoms with Crippen molar-refractivity contribution in [2.24, 2.45) is 7.05 Å². The van der Waals surface area contributed by atoms with E-state index in [4.69, 9.17) is 4.74 Å². The lowest BCUT2D eigenvalue weighted by Gasteiger charge is -2.10. The second-order valence-electron chi connectivity index (χ2n) is 6.37. The van der Waals surface area contributed by atoms with Crippen molar-refractivity contribution in [3.63, 3.8) is 0 Å². The maximum Gasteiger partial charge on any atom is 0.331 e. The van der Waals surface area contributed by atoms with Crippen molar-refractivity contribution in [1.82, 2.24) is 4.57 Å². The van der Waals surface area contributed by atoms with Crippen molar-refractivity contribution in [1.29, 1.82) is 0 Å². The first kappa shape index (κ1) is 15.7. The Morgan fingerprint density at radius 1 is 1.12 bits per heavy atom. The maximum absolute atomic E-state index is 12.3. The van der Waals surface area contributed by atoms with Gasteiger partial charge in [-0.25, -0.2) is 4.79 Å². The molecule has 0 N–H and O–H groups in total. The van der Waals surface area contributed by atoms with Gasteiger partial charge in [-0.2, -0.15) is 0 Å². The predicted octanol–water partition coefficient (Wildman–Crippen LogP) is 4.27. The molecule has 4 rings (SSSR count). The first-order valence-electron chi connectivity index (χ1n) is 8.74. The molecule has 1 aromatic heterocycles. The lowest BCUT2D eigenvalue weighted by molar-refractivity contribution is -0.137.